The average Bonchev–Trinajstić information content (AvgIpc) is 3.08. The van der Waals surface area contributed by atoms with Gasteiger partial charge in [-0.2, -0.15) is 13.2 Å². The minimum Gasteiger partial charge on any atom is -0.381 e. The number of carbonyl (C=O) groups excluding carboxylic acids is 1. The molecule has 2 fully saturated rings. The standard InChI is InChI=1S/C19H26F3N3O2.2ClH/c20-19(21,22)15-3-1-13(2-4-15)11-25-8-5-16(12-25)24-18(26)17(23)14-6-9-27-10-7-14;;/h1-4,14,16-17H,5-12,23H2,(H,24,26);2*1H. The molecule has 2 aliphatic rings. The molecule has 0 aliphatic carbocycles. The molecular weight excluding hydrogens is 430 g/mol. The summed E-state index contributed by atoms with van der Waals surface area (Å²) in [7, 11) is 0. The van der Waals surface area contributed by atoms with Crippen molar-refractivity contribution in [1.82, 2.24) is 10.2 Å². The van der Waals surface area contributed by atoms with Crippen molar-refractivity contribution in [3.8, 4) is 0 Å². The number of amides is 1. The lowest BCUT2D eigenvalue weighted by Crippen LogP contribution is -2.50. The Hall–Kier alpha value is -1.06. The van der Waals surface area contributed by atoms with Gasteiger partial charge in [0, 0.05) is 38.9 Å². The summed E-state index contributed by atoms with van der Waals surface area (Å²) in [5.41, 5.74) is 6.29. The van der Waals surface area contributed by atoms with Crippen LogP contribution in [0.3, 0.4) is 0 Å². The van der Waals surface area contributed by atoms with Crippen molar-refractivity contribution < 1.29 is 22.7 Å². The summed E-state index contributed by atoms with van der Waals surface area (Å²) in [4.78, 5) is 14.5. The Balaban J connectivity index is 0.00000210. The summed E-state index contributed by atoms with van der Waals surface area (Å²) in [6.45, 7) is 3.33. The number of alkyl halides is 3. The molecule has 0 aromatic heterocycles. The molecule has 1 aromatic carbocycles. The second-order valence-electron chi connectivity index (χ2n) is 7.40. The Morgan fingerprint density at radius 1 is 1.17 bits per heavy atom. The quantitative estimate of drug-likeness (QED) is 0.712. The zero-order chi connectivity index (χ0) is 19.4. The predicted octanol–water partition coefficient (Wildman–Crippen LogP) is 2.99. The maximum atomic E-state index is 12.6. The van der Waals surface area contributed by atoms with Crippen molar-refractivity contribution in [1.29, 1.82) is 0 Å². The van der Waals surface area contributed by atoms with E-state index in [-0.39, 0.29) is 42.7 Å². The predicted molar refractivity (Wildman–Crippen MR) is 109 cm³/mol. The van der Waals surface area contributed by atoms with Crippen molar-refractivity contribution in [3.05, 3.63) is 35.4 Å². The van der Waals surface area contributed by atoms with E-state index in [2.05, 4.69) is 10.2 Å². The Bertz CT molecular complexity index is 641. The van der Waals surface area contributed by atoms with Gasteiger partial charge in [0.2, 0.25) is 5.91 Å². The van der Waals surface area contributed by atoms with Crippen LogP contribution in [0, 0.1) is 5.92 Å². The topological polar surface area (TPSA) is 67.6 Å². The van der Waals surface area contributed by atoms with Gasteiger partial charge in [-0.1, -0.05) is 12.1 Å². The lowest BCUT2D eigenvalue weighted by molar-refractivity contribution is -0.137. The fraction of sp³-hybridized carbons (Fsp3) is 0.632. The van der Waals surface area contributed by atoms with Crippen LogP contribution >= 0.6 is 24.8 Å². The SMILES string of the molecule is Cl.Cl.NC(C(=O)NC1CCN(Cc2ccc(C(F)(F)F)cc2)C1)C1CCOCC1. The third kappa shape index (κ3) is 7.29. The Kier molecular flexibility index (Phi) is 10.2. The molecule has 29 heavy (non-hydrogen) atoms. The van der Waals surface area contributed by atoms with Crippen molar-refractivity contribution in [3.63, 3.8) is 0 Å². The summed E-state index contributed by atoms with van der Waals surface area (Å²) < 4.78 is 43.2. The molecule has 0 saturated carbocycles. The molecule has 0 radical (unpaired) electrons. The summed E-state index contributed by atoms with van der Waals surface area (Å²) in [6, 6.07) is 4.75. The van der Waals surface area contributed by atoms with Crippen molar-refractivity contribution in [2.75, 3.05) is 26.3 Å². The van der Waals surface area contributed by atoms with Crippen LogP contribution in [0.1, 0.15) is 30.4 Å². The van der Waals surface area contributed by atoms with E-state index in [0.29, 0.717) is 26.3 Å². The monoisotopic (exact) mass is 457 g/mol. The highest BCUT2D eigenvalue weighted by molar-refractivity contribution is 5.85. The number of nitrogens with two attached hydrogens (primary N) is 1. The highest BCUT2D eigenvalue weighted by atomic mass is 35.5. The first-order chi connectivity index (χ1) is 12.8. The molecule has 2 atom stereocenters. The number of likely N-dealkylation sites (tertiary alicyclic amines) is 1. The van der Waals surface area contributed by atoms with E-state index < -0.39 is 17.8 Å². The van der Waals surface area contributed by atoms with Gasteiger partial charge in [-0.05, 0) is 42.9 Å². The van der Waals surface area contributed by atoms with Crippen LogP contribution in [0.4, 0.5) is 13.2 Å². The number of rotatable bonds is 5. The maximum Gasteiger partial charge on any atom is 0.416 e. The molecule has 2 heterocycles. The van der Waals surface area contributed by atoms with Gasteiger partial charge in [-0.3, -0.25) is 9.69 Å². The van der Waals surface area contributed by atoms with Gasteiger partial charge in [0.05, 0.1) is 11.6 Å². The highest BCUT2D eigenvalue weighted by Gasteiger charge is 2.31. The molecule has 5 nitrogen and oxygen atoms in total. The van der Waals surface area contributed by atoms with Gasteiger partial charge in [-0.25, -0.2) is 0 Å². The molecule has 0 bridgehead atoms. The van der Waals surface area contributed by atoms with Gasteiger partial charge in [0.25, 0.3) is 0 Å². The van der Waals surface area contributed by atoms with Crippen LogP contribution in [0.15, 0.2) is 24.3 Å². The molecule has 2 unspecified atom stereocenters. The number of nitrogens with one attached hydrogen (secondary N) is 1. The second-order valence-corrected chi connectivity index (χ2v) is 7.40. The zero-order valence-corrected chi connectivity index (χ0v) is 17.6. The third-order valence-corrected chi connectivity index (χ3v) is 5.38. The maximum absolute atomic E-state index is 12.6. The first-order valence-corrected chi connectivity index (χ1v) is 9.35. The first kappa shape index (κ1) is 26.0. The van der Waals surface area contributed by atoms with E-state index in [1.54, 1.807) is 0 Å². The van der Waals surface area contributed by atoms with E-state index in [1.807, 2.05) is 0 Å². The van der Waals surface area contributed by atoms with E-state index in [4.69, 9.17) is 10.5 Å². The van der Waals surface area contributed by atoms with Gasteiger partial charge in [0.1, 0.15) is 0 Å². The van der Waals surface area contributed by atoms with Gasteiger partial charge in [0.15, 0.2) is 0 Å². The van der Waals surface area contributed by atoms with E-state index in [9.17, 15) is 18.0 Å². The molecule has 2 saturated heterocycles. The number of nitrogens with zero attached hydrogens (tertiary/aromatic N) is 1. The molecule has 10 heteroatoms. The zero-order valence-electron chi connectivity index (χ0n) is 16.0. The van der Waals surface area contributed by atoms with Gasteiger partial charge < -0.3 is 15.8 Å². The van der Waals surface area contributed by atoms with E-state index >= 15 is 0 Å². The summed E-state index contributed by atoms with van der Waals surface area (Å²) in [5.74, 6) is 0.0340. The van der Waals surface area contributed by atoms with Crippen LogP contribution in [0.5, 0.6) is 0 Å². The van der Waals surface area contributed by atoms with Crippen LogP contribution in [-0.4, -0.2) is 49.2 Å². The summed E-state index contributed by atoms with van der Waals surface area (Å²) in [5, 5.41) is 3.03. The molecule has 0 spiro atoms. The molecule has 3 rings (SSSR count). The number of carbonyl (C=O) groups is 1. The number of hydrogen-bond donors (Lipinski definition) is 2. The lowest BCUT2D eigenvalue weighted by Gasteiger charge is -2.27. The number of ether oxygens (including phenoxy) is 1. The van der Waals surface area contributed by atoms with Crippen molar-refractivity contribution in [2.45, 2.75) is 44.1 Å². The normalized spacial score (nSPS) is 21.7. The molecule has 2 aliphatic heterocycles. The lowest BCUT2D eigenvalue weighted by atomic mass is 9.91. The molecule has 1 aromatic rings. The molecular formula is C19H28Cl2F3N3O2. The van der Waals surface area contributed by atoms with Crippen LogP contribution < -0.4 is 11.1 Å². The molecule has 1 amide bonds. The van der Waals surface area contributed by atoms with E-state index in [0.717, 1.165) is 43.5 Å². The van der Waals surface area contributed by atoms with Crippen LogP contribution in [0.2, 0.25) is 0 Å². The first-order valence-electron chi connectivity index (χ1n) is 9.35. The summed E-state index contributed by atoms with van der Waals surface area (Å²) >= 11 is 0. The van der Waals surface area contributed by atoms with Gasteiger partial charge in [-0.15, -0.1) is 24.8 Å². The largest absolute Gasteiger partial charge is 0.416 e. The average molecular weight is 458 g/mol. The van der Waals surface area contributed by atoms with Crippen molar-refractivity contribution in [2.24, 2.45) is 11.7 Å². The fourth-order valence-electron chi connectivity index (χ4n) is 3.74. The van der Waals surface area contributed by atoms with E-state index in [1.165, 1.54) is 12.1 Å². The fourth-order valence-corrected chi connectivity index (χ4v) is 3.74. The Morgan fingerprint density at radius 3 is 2.38 bits per heavy atom. The van der Waals surface area contributed by atoms with Crippen molar-refractivity contribution >= 4 is 30.7 Å². The molecule has 166 valence electrons. The van der Waals surface area contributed by atoms with Crippen LogP contribution in [0.25, 0.3) is 0 Å². The Labute approximate surface area is 181 Å². The Morgan fingerprint density at radius 2 is 1.79 bits per heavy atom. The second kappa shape index (κ2) is 11.4. The number of benzene rings is 1. The van der Waals surface area contributed by atoms with Gasteiger partial charge >= 0.3 is 6.18 Å². The van der Waals surface area contributed by atoms with Crippen LogP contribution in [-0.2, 0) is 22.3 Å². The molecule has 3 N–H and O–H groups in total. The smallest absolute Gasteiger partial charge is 0.381 e. The minimum atomic E-state index is -4.31. The third-order valence-electron chi connectivity index (χ3n) is 5.38. The number of hydrogen-bond acceptors (Lipinski definition) is 4. The minimum absolute atomic E-state index is 0. The highest BCUT2D eigenvalue weighted by Crippen LogP contribution is 2.29. The number of halogens is 5. The summed E-state index contributed by atoms with van der Waals surface area (Å²) in [6.07, 6.45) is -1.89.